The smallest absolute Gasteiger partial charge is 0.254 e. The number of amides is 1. The van der Waals surface area contributed by atoms with Crippen molar-refractivity contribution in [2.45, 2.75) is 31.8 Å². The maximum Gasteiger partial charge on any atom is 0.254 e. The number of aryl methyl sites for hydroxylation is 2. The molecule has 0 unspecified atom stereocenters. The molecule has 0 saturated carbocycles. The summed E-state index contributed by atoms with van der Waals surface area (Å²) in [6, 6.07) is 5.42. The van der Waals surface area contributed by atoms with Gasteiger partial charge >= 0.3 is 0 Å². The fourth-order valence-electron chi connectivity index (χ4n) is 2.03. The molecule has 6 nitrogen and oxygen atoms in total. The lowest BCUT2D eigenvalue weighted by Crippen LogP contribution is -2.20. The molecule has 0 aromatic carbocycles. The zero-order valence-corrected chi connectivity index (χ0v) is 13.6. The molecule has 0 aliphatic carbocycles. The first-order valence-corrected chi connectivity index (χ1v) is 8.09. The Morgan fingerprint density at radius 3 is 2.73 bits per heavy atom. The Bertz CT molecular complexity index is 743. The SMILES string of the molecule is CSc1nc(C)c(CCC(=O)Nc2cccc(C)n2)c(=O)[nH]1. The highest BCUT2D eigenvalue weighted by molar-refractivity contribution is 7.98. The number of hydrogen-bond donors (Lipinski definition) is 2. The number of carbonyl (C=O) groups is 1. The molecule has 0 saturated heterocycles. The number of thioether (sulfide) groups is 1. The van der Waals surface area contributed by atoms with Crippen LogP contribution in [-0.4, -0.2) is 27.1 Å². The quantitative estimate of drug-likeness (QED) is 0.651. The summed E-state index contributed by atoms with van der Waals surface area (Å²) in [5, 5.41) is 3.31. The van der Waals surface area contributed by atoms with Crippen LogP contribution in [0.25, 0.3) is 0 Å². The topological polar surface area (TPSA) is 87.7 Å². The number of pyridine rings is 1. The van der Waals surface area contributed by atoms with Gasteiger partial charge in [-0.1, -0.05) is 17.8 Å². The van der Waals surface area contributed by atoms with Gasteiger partial charge in [-0.15, -0.1) is 0 Å². The summed E-state index contributed by atoms with van der Waals surface area (Å²) >= 11 is 1.38. The van der Waals surface area contributed by atoms with Crippen LogP contribution in [0.4, 0.5) is 5.82 Å². The Kier molecular flexibility index (Phi) is 5.32. The molecule has 2 rings (SSSR count). The van der Waals surface area contributed by atoms with Crippen LogP contribution in [0.2, 0.25) is 0 Å². The highest BCUT2D eigenvalue weighted by Crippen LogP contribution is 2.10. The highest BCUT2D eigenvalue weighted by Gasteiger charge is 2.11. The van der Waals surface area contributed by atoms with Gasteiger partial charge in [0.25, 0.3) is 5.56 Å². The van der Waals surface area contributed by atoms with Crippen LogP contribution >= 0.6 is 11.8 Å². The van der Waals surface area contributed by atoms with Crippen LogP contribution in [0.1, 0.15) is 23.4 Å². The zero-order chi connectivity index (χ0) is 16.1. The summed E-state index contributed by atoms with van der Waals surface area (Å²) in [4.78, 5) is 35.1. The summed E-state index contributed by atoms with van der Waals surface area (Å²) in [6.45, 7) is 3.64. The molecule has 116 valence electrons. The Morgan fingerprint density at radius 2 is 2.09 bits per heavy atom. The van der Waals surface area contributed by atoms with E-state index in [0.717, 1.165) is 5.69 Å². The normalized spacial score (nSPS) is 10.5. The molecule has 0 aliphatic heterocycles. The van der Waals surface area contributed by atoms with Crippen LogP contribution < -0.4 is 10.9 Å². The average molecular weight is 318 g/mol. The molecule has 0 atom stereocenters. The average Bonchev–Trinajstić information content (AvgIpc) is 2.46. The minimum atomic E-state index is -0.182. The van der Waals surface area contributed by atoms with Gasteiger partial charge in [0.1, 0.15) is 5.82 Å². The predicted molar refractivity (Wildman–Crippen MR) is 87.3 cm³/mol. The van der Waals surface area contributed by atoms with Gasteiger partial charge < -0.3 is 10.3 Å². The van der Waals surface area contributed by atoms with Crippen molar-refractivity contribution in [1.82, 2.24) is 15.0 Å². The number of anilines is 1. The van der Waals surface area contributed by atoms with Crippen LogP contribution in [-0.2, 0) is 11.2 Å². The first-order valence-electron chi connectivity index (χ1n) is 6.87. The second kappa shape index (κ2) is 7.22. The van der Waals surface area contributed by atoms with E-state index in [1.807, 2.05) is 25.3 Å². The van der Waals surface area contributed by atoms with Gasteiger partial charge in [0.2, 0.25) is 5.91 Å². The zero-order valence-electron chi connectivity index (χ0n) is 12.8. The summed E-state index contributed by atoms with van der Waals surface area (Å²) in [6.07, 6.45) is 2.40. The number of hydrogen-bond acceptors (Lipinski definition) is 5. The molecule has 1 amide bonds. The molecule has 0 spiro atoms. The van der Waals surface area contributed by atoms with E-state index in [0.29, 0.717) is 28.7 Å². The standard InChI is InChI=1S/C15H18N4O2S/c1-9-5-4-6-12(16-9)18-13(20)8-7-11-10(2)17-15(22-3)19-14(11)21/h4-6H,7-8H2,1-3H3,(H,16,18,20)(H,17,19,21). The Morgan fingerprint density at radius 1 is 1.32 bits per heavy atom. The molecule has 2 aromatic rings. The second-order valence-electron chi connectivity index (χ2n) is 4.85. The third-order valence-corrected chi connectivity index (χ3v) is 3.73. The van der Waals surface area contributed by atoms with Gasteiger partial charge in [-0.3, -0.25) is 9.59 Å². The van der Waals surface area contributed by atoms with E-state index < -0.39 is 0 Å². The minimum Gasteiger partial charge on any atom is -0.311 e. The lowest BCUT2D eigenvalue weighted by molar-refractivity contribution is -0.116. The monoisotopic (exact) mass is 318 g/mol. The molecular weight excluding hydrogens is 300 g/mol. The van der Waals surface area contributed by atoms with Crippen molar-refractivity contribution in [1.29, 1.82) is 0 Å². The number of aromatic amines is 1. The molecule has 0 fully saturated rings. The van der Waals surface area contributed by atoms with E-state index in [1.165, 1.54) is 11.8 Å². The van der Waals surface area contributed by atoms with Gasteiger partial charge in [-0.25, -0.2) is 9.97 Å². The van der Waals surface area contributed by atoms with Crippen molar-refractivity contribution in [3.63, 3.8) is 0 Å². The number of carbonyl (C=O) groups excluding carboxylic acids is 1. The predicted octanol–water partition coefficient (Wildman–Crippen LogP) is 2.07. The van der Waals surface area contributed by atoms with Crippen molar-refractivity contribution in [2.75, 3.05) is 11.6 Å². The van der Waals surface area contributed by atoms with Gasteiger partial charge in [-0.2, -0.15) is 0 Å². The van der Waals surface area contributed by atoms with Gasteiger partial charge in [0.05, 0.1) is 0 Å². The van der Waals surface area contributed by atoms with Gasteiger partial charge in [0.15, 0.2) is 5.16 Å². The molecular formula is C15H18N4O2S. The summed E-state index contributed by atoms with van der Waals surface area (Å²) in [5.41, 5.74) is 1.86. The molecule has 7 heteroatoms. The fraction of sp³-hybridized carbons (Fsp3) is 0.333. The summed E-state index contributed by atoms with van der Waals surface area (Å²) < 4.78 is 0. The number of aromatic nitrogens is 3. The molecule has 2 heterocycles. The van der Waals surface area contributed by atoms with Crippen LogP contribution in [0, 0.1) is 13.8 Å². The third kappa shape index (κ3) is 4.17. The Balaban J connectivity index is 2.01. The van der Waals surface area contributed by atoms with E-state index >= 15 is 0 Å². The lowest BCUT2D eigenvalue weighted by Gasteiger charge is -2.07. The molecule has 0 aliphatic rings. The Hall–Kier alpha value is -2.15. The third-order valence-electron chi connectivity index (χ3n) is 3.15. The van der Waals surface area contributed by atoms with E-state index in [-0.39, 0.29) is 17.9 Å². The van der Waals surface area contributed by atoms with Gasteiger partial charge in [-0.05, 0) is 38.7 Å². The van der Waals surface area contributed by atoms with Crippen molar-refractivity contribution < 1.29 is 4.79 Å². The maximum atomic E-state index is 12.0. The molecule has 0 bridgehead atoms. The van der Waals surface area contributed by atoms with Crippen molar-refractivity contribution in [2.24, 2.45) is 0 Å². The van der Waals surface area contributed by atoms with Gasteiger partial charge in [0, 0.05) is 23.4 Å². The van der Waals surface area contributed by atoms with E-state index in [2.05, 4.69) is 20.3 Å². The number of H-pyrrole nitrogens is 1. The summed E-state index contributed by atoms with van der Waals surface area (Å²) in [5.74, 6) is 0.345. The molecule has 0 radical (unpaired) electrons. The highest BCUT2D eigenvalue weighted by atomic mass is 32.2. The van der Waals surface area contributed by atoms with Crippen LogP contribution in [0.5, 0.6) is 0 Å². The van der Waals surface area contributed by atoms with Crippen LogP contribution in [0.3, 0.4) is 0 Å². The Labute approximate surface area is 132 Å². The lowest BCUT2D eigenvalue weighted by atomic mass is 10.1. The van der Waals surface area contributed by atoms with E-state index in [4.69, 9.17) is 0 Å². The molecule has 2 N–H and O–H groups in total. The minimum absolute atomic E-state index is 0.175. The van der Waals surface area contributed by atoms with E-state index in [1.54, 1.807) is 13.0 Å². The molecule has 22 heavy (non-hydrogen) atoms. The second-order valence-corrected chi connectivity index (χ2v) is 5.65. The van der Waals surface area contributed by atoms with Crippen LogP contribution in [0.15, 0.2) is 28.2 Å². The van der Waals surface area contributed by atoms with Crippen molar-refractivity contribution in [3.05, 3.63) is 45.5 Å². The number of nitrogens with zero attached hydrogens (tertiary/aromatic N) is 2. The number of nitrogens with one attached hydrogen (secondary N) is 2. The summed E-state index contributed by atoms with van der Waals surface area (Å²) in [7, 11) is 0. The maximum absolute atomic E-state index is 12.0. The largest absolute Gasteiger partial charge is 0.311 e. The first kappa shape index (κ1) is 16.2. The van der Waals surface area contributed by atoms with Crippen molar-refractivity contribution in [3.8, 4) is 0 Å². The van der Waals surface area contributed by atoms with Crippen molar-refractivity contribution >= 4 is 23.5 Å². The molecule has 2 aromatic heterocycles. The van der Waals surface area contributed by atoms with E-state index in [9.17, 15) is 9.59 Å². The fourth-order valence-corrected chi connectivity index (χ4v) is 2.46. The number of rotatable bonds is 5. The first-order chi connectivity index (χ1) is 10.5.